The number of alkyl halides is 6. The molecule has 0 aliphatic carbocycles. The zero-order valence-corrected chi connectivity index (χ0v) is 17.3. The third-order valence-electron chi connectivity index (χ3n) is 5.15. The van der Waals surface area contributed by atoms with Gasteiger partial charge in [-0.05, 0) is 29.8 Å². The number of rotatable bonds is 5. The van der Waals surface area contributed by atoms with Crippen molar-refractivity contribution in [2.45, 2.75) is 24.9 Å². The lowest BCUT2D eigenvalue weighted by atomic mass is 10.0. The average Bonchev–Trinajstić information content (AvgIpc) is 3.09. The summed E-state index contributed by atoms with van der Waals surface area (Å²) < 4.78 is 85.2. The van der Waals surface area contributed by atoms with Crippen molar-refractivity contribution in [3.8, 4) is 5.69 Å². The normalized spacial score (nSPS) is 16.7. The minimum Gasteiger partial charge on any atom is -0.478 e. The van der Waals surface area contributed by atoms with Gasteiger partial charge in [0, 0.05) is 30.6 Å². The predicted octanol–water partition coefficient (Wildman–Crippen LogP) is 4.01. The highest BCUT2D eigenvalue weighted by Gasteiger charge is 2.37. The van der Waals surface area contributed by atoms with Gasteiger partial charge in [-0.25, -0.2) is 9.59 Å². The van der Waals surface area contributed by atoms with E-state index in [1.807, 2.05) is 0 Å². The summed E-state index contributed by atoms with van der Waals surface area (Å²) in [7, 11) is 0. The first-order valence-electron chi connectivity index (χ1n) is 9.82. The van der Waals surface area contributed by atoms with E-state index in [1.165, 1.54) is 18.5 Å². The molecule has 1 unspecified atom stereocenters. The van der Waals surface area contributed by atoms with Gasteiger partial charge in [-0.3, -0.25) is 9.55 Å². The Morgan fingerprint density at radius 2 is 1.69 bits per heavy atom. The molecule has 1 aliphatic heterocycles. The summed E-state index contributed by atoms with van der Waals surface area (Å²) in [6.07, 6.45) is -5.48. The smallest absolute Gasteiger partial charge is 0.416 e. The van der Waals surface area contributed by atoms with E-state index in [4.69, 9.17) is 4.74 Å². The number of aromatic nitrogens is 4. The lowest BCUT2D eigenvalue weighted by Gasteiger charge is -2.26. The van der Waals surface area contributed by atoms with Crippen molar-refractivity contribution < 1.29 is 41.0 Å². The zero-order valence-electron chi connectivity index (χ0n) is 17.3. The van der Waals surface area contributed by atoms with Crippen LogP contribution in [-0.2, 0) is 21.9 Å². The largest absolute Gasteiger partial charge is 0.478 e. The number of carboxylic acid groups (broad SMARTS) is 1. The molecule has 1 saturated heterocycles. The summed E-state index contributed by atoms with van der Waals surface area (Å²) in [6, 6.07) is 2.08. The molecular formula is C21H14F6N4O4. The number of hydrogen-bond donors (Lipinski definition) is 1. The summed E-state index contributed by atoms with van der Waals surface area (Å²) in [5.74, 6) is -1.46. The topological polar surface area (TPSA) is 99.2 Å². The van der Waals surface area contributed by atoms with Crippen LogP contribution in [0.15, 0.2) is 47.8 Å². The van der Waals surface area contributed by atoms with Crippen LogP contribution in [0.4, 0.5) is 26.3 Å². The summed E-state index contributed by atoms with van der Waals surface area (Å²) in [5.41, 5.74) is -4.97. The number of halogens is 6. The number of benzene rings is 1. The molecule has 14 heteroatoms. The van der Waals surface area contributed by atoms with E-state index < -0.39 is 46.4 Å². The maximum atomic E-state index is 13.2. The van der Waals surface area contributed by atoms with Gasteiger partial charge in [-0.2, -0.15) is 36.1 Å². The van der Waals surface area contributed by atoms with Crippen molar-refractivity contribution in [2.24, 2.45) is 0 Å². The number of carboxylic acids is 1. The van der Waals surface area contributed by atoms with Crippen LogP contribution < -0.4 is 5.69 Å². The van der Waals surface area contributed by atoms with Crippen molar-refractivity contribution in [2.75, 3.05) is 6.61 Å². The van der Waals surface area contributed by atoms with Crippen molar-refractivity contribution in [3.05, 3.63) is 75.7 Å². The van der Waals surface area contributed by atoms with E-state index in [9.17, 15) is 41.0 Å². The number of pyridine rings is 1. The molecule has 0 bridgehead atoms. The SMILES string of the molecule is O=C(O)/C(=C/n1cnn(-c2cc(C(F)(F)F)cc(C(F)(F)F)c2)c1=O)c1cncc(C2CCO2)c1. The monoisotopic (exact) mass is 500 g/mol. The van der Waals surface area contributed by atoms with Gasteiger partial charge in [0.05, 0.1) is 35.1 Å². The molecule has 0 amide bonds. The van der Waals surface area contributed by atoms with Crippen molar-refractivity contribution in [3.63, 3.8) is 0 Å². The minimum atomic E-state index is -5.12. The van der Waals surface area contributed by atoms with E-state index in [0.29, 0.717) is 40.0 Å². The zero-order chi connectivity index (χ0) is 25.5. The highest BCUT2D eigenvalue weighted by molar-refractivity contribution is 6.19. The van der Waals surface area contributed by atoms with E-state index in [1.54, 1.807) is 0 Å². The average molecular weight is 500 g/mol. The Morgan fingerprint density at radius 3 is 2.20 bits per heavy atom. The molecule has 4 rings (SSSR count). The Bertz CT molecular complexity index is 1340. The molecule has 2 aromatic heterocycles. The van der Waals surface area contributed by atoms with Gasteiger partial charge in [-0.15, -0.1) is 0 Å². The second kappa shape index (κ2) is 8.69. The number of aliphatic carboxylic acids is 1. The van der Waals surface area contributed by atoms with Crippen LogP contribution >= 0.6 is 0 Å². The second-order valence-electron chi connectivity index (χ2n) is 7.50. The Labute approximate surface area is 191 Å². The maximum Gasteiger partial charge on any atom is 0.416 e. The Morgan fingerprint density at radius 1 is 1.06 bits per heavy atom. The fourth-order valence-corrected chi connectivity index (χ4v) is 3.31. The predicted molar refractivity (Wildman–Crippen MR) is 107 cm³/mol. The van der Waals surface area contributed by atoms with Crippen LogP contribution in [0.3, 0.4) is 0 Å². The third-order valence-corrected chi connectivity index (χ3v) is 5.15. The summed E-state index contributed by atoms with van der Waals surface area (Å²) in [6.45, 7) is 0.538. The molecule has 8 nitrogen and oxygen atoms in total. The van der Waals surface area contributed by atoms with E-state index in [-0.39, 0.29) is 17.7 Å². The summed E-state index contributed by atoms with van der Waals surface area (Å²) >= 11 is 0. The third kappa shape index (κ3) is 4.96. The molecular weight excluding hydrogens is 486 g/mol. The standard InChI is InChI=1S/C21H14F6N4O4/c22-20(23,24)13-4-14(21(25,26)27)6-15(5-13)31-19(34)30(10-29-31)9-16(18(32)33)11-3-12(8-28-7-11)17-1-2-35-17/h3-10,17H,1-2H2,(H,32,33)/b16-9+. The van der Waals surface area contributed by atoms with Crippen molar-refractivity contribution in [1.82, 2.24) is 19.3 Å². The first kappa shape index (κ1) is 24.2. The Hall–Kier alpha value is -3.94. The molecule has 1 aliphatic rings. The number of carbonyl (C=O) groups is 1. The van der Waals surface area contributed by atoms with Crippen LogP contribution in [0.1, 0.15) is 34.8 Å². The van der Waals surface area contributed by atoms with Crippen LogP contribution in [0.25, 0.3) is 17.5 Å². The lowest BCUT2D eigenvalue weighted by molar-refractivity contribution is -0.143. The molecule has 184 valence electrons. The van der Waals surface area contributed by atoms with Gasteiger partial charge in [0.25, 0.3) is 0 Å². The Balaban J connectivity index is 1.79. The second-order valence-corrected chi connectivity index (χ2v) is 7.50. The highest BCUT2D eigenvalue weighted by atomic mass is 19.4. The molecule has 0 saturated carbocycles. The van der Waals surface area contributed by atoms with Gasteiger partial charge in [0.15, 0.2) is 0 Å². The van der Waals surface area contributed by atoms with Gasteiger partial charge in [0.1, 0.15) is 6.33 Å². The number of ether oxygens (including phenoxy) is 1. The van der Waals surface area contributed by atoms with Crippen LogP contribution in [0, 0.1) is 0 Å². The quantitative estimate of drug-likeness (QED) is 0.420. The summed E-state index contributed by atoms with van der Waals surface area (Å²) in [5, 5.41) is 13.2. The van der Waals surface area contributed by atoms with E-state index >= 15 is 0 Å². The van der Waals surface area contributed by atoms with E-state index in [2.05, 4.69) is 10.1 Å². The molecule has 3 aromatic rings. The molecule has 35 heavy (non-hydrogen) atoms. The first-order valence-corrected chi connectivity index (χ1v) is 9.82. The minimum absolute atomic E-state index is 0.0836. The van der Waals surface area contributed by atoms with Crippen LogP contribution in [0.5, 0.6) is 0 Å². The Kier molecular flexibility index (Phi) is 6.00. The lowest BCUT2D eigenvalue weighted by Crippen LogP contribution is -2.23. The summed E-state index contributed by atoms with van der Waals surface area (Å²) in [4.78, 5) is 28.6. The fraction of sp³-hybridized carbons (Fsp3) is 0.238. The highest BCUT2D eigenvalue weighted by Crippen LogP contribution is 2.37. The van der Waals surface area contributed by atoms with Gasteiger partial charge >= 0.3 is 24.0 Å². The van der Waals surface area contributed by atoms with Crippen LogP contribution in [0.2, 0.25) is 0 Å². The van der Waals surface area contributed by atoms with Crippen molar-refractivity contribution in [1.29, 1.82) is 0 Å². The molecule has 0 radical (unpaired) electrons. The van der Waals surface area contributed by atoms with Gasteiger partial charge in [0.2, 0.25) is 0 Å². The van der Waals surface area contributed by atoms with Crippen LogP contribution in [-0.4, -0.2) is 37.0 Å². The molecule has 0 spiro atoms. The molecule has 1 N–H and O–H groups in total. The molecule has 3 heterocycles. The molecule has 1 fully saturated rings. The number of hydrogen-bond acceptors (Lipinski definition) is 5. The molecule has 1 atom stereocenters. The first-order chi connectivity index (χ1) is 16.3. The maximum absolute atomic E-state index is 13.2. The van der Waals surface area contributed by atoms with Gasteiger partial charge < -0.3 is 9.84 Å². The molecule has 1 aromatic carbocycles. The van der Waals surface area contributed by atoms with Crippen molar-refractivity contribution >= 4 is 17.7 Å². The van der Waals surface area contributed by atoms with Gasteiger partial charge in [-0.1, -0.05) is 0 Å². The fourth-order valence-electron chi connectivity index (χ4n) is 3.31. The van der Waals surface area contributed by atoms with E-state index in [0.717, 1.165) is 12.5 Å². The number of nitrogens with zero attached hydrogens (tertiary/aromatic N) is 4.